The fraction of sp³-hybridized carbons (Fsp3) is 0.231. The van der Waals surface area contributed by atoms with Crippen LogP contribution in [0.2, 0.25) is 0 Å². The molecule has 2 aromatic rings. The summed E-state index contributed by atoms with van der Waals surface area (Å²) in [6, 6.07) is 8.42. The van der Waals surface area contributed by atoms with E-state index in [9.17, 15) is 13.6 Å². The Balaban J connectivity index is 2.20. The summed E-state index contributed by atoms with van der Waals surface area (Å²) in [6.07, 6.45) is -2.57. The molecule has 1 heterocycles. The van der Waals surface area contributed by atoms with Crippen LogP contribution in [0.25, 0.3) is 0 Å². The minimum absolute atomic E-state index is 0.173. The van der Waals surface area contributed by atoms with Crippen LogP contribution in [0.4, 0.5) is 13.6 Å². The normalized spacial score (nSPS) is 12.3. The number of hydrogen-bond donors (Lipinski definition) is 3. The van der Waals surface area contributed by atoms with Crippen LogP contribution in [0.15, 0.2) is 36.5 Å². The van der Waals surface area contributed by atoms with E-state index < -0.39 is 18.6 Å². The summed E-state index contributed by atoms with van der Waals surface area (Å²) in [5, 5.41) is 11.1. The summed E-state index contributed by atoms with van der Waals surface area (Å²) in [7, 11) is 0. The molecule has 1 unspecified atom stereocenters. The van der Waals surface area contributed by atoms with Gasteiger partial charge < -0.3 is 15.4 Å². The number of benzene rings is 1. The van der Waals surface area contributed by atoms with Crippen LogP contribution < -0.4 is 5.32 Å². The van der Waals surface area contributed by atoms with Crippen LogP contribution in [0.3, 0.4) is 0 Å². The third kappa shape index (κ3) is 3.53. The molecule has 0 aliphatic carbocycles. The molecule has 1 aromatic carbocycles. The summed E-state index contributed by atoms with van der Waals surface area (Å²) < 4.78 is 25.1. The summed E-state index contributed by atoms with van der Waals surface area (Å²) in [5.74, 6) is 0.173. The largest absolute Gasteiger partial charge is 0.465 e. The van der Waals surface area contributed by atoms with Crippen molar-refractivity contribution in [3.8, 4) is 0 Å². The number of imidazole rings is 1. The number of carbonyl (C=O) groups is 1. The van der Waals surface area contributed by atoms with E-state index >= 15 is 0 Å². The number of rotatable bonds is 5. The SMILES string of the molecule is O=C(O)NC(Cc1ccccc1)c1ncc(C(F)F)[nH]1. The van der Waals surface area contributed by atoms with Crippen molar-refractivity contribution in [1.29, 1.82) is 0 Å². The van der Waals surface area contributed by atoms with E-state index in [1.54, 1.807) is 0 Å². The zero-order valence-corrected chi connectivity index (χ0v) is 10.4. The Kier molecular flexibility index (Phi) is 4.29. The zero-order valence-electron chi connectivity index (χ0n) is 10.4. The Bertz CT molecular complexity index is 572. The lowest BCUT2D eigenvalue weighted by atomic mass is 10.1. The van der Waals surface area contributed by atoms with Crippen molar-refractivity contribution in [2.45, 2.75) is 18.9 Å². The van der Waals surface area contributed by atoms with Crippen molar-refractivity contribution in [2.24, 2.45) is 0 Å². The van der Waals surface area contributed by atoms with Crippen molar-refractivity contribution >= 4 is 6.09 Å². The van der Waals surface area contributed by atoms with Crippen LogP contribution in [0.5, 0.6) is 0 Å². The van der Waals surface area contributed by atoms with E-state index in [2.05, 4.69) is 15.3 Å². The van der Waals surface area contributed by atoms with Gasteiger partial charge in [0, 0.05) is 6.42 Å². The first kappa shape index (κ1) is 14.0. The number of nitrogens with one attached hydrogen (secondary N) is 2. The van der Waals surface area contributed by atoms with E-state index in [0.717, 1.165) is 11.8 Å². The predicted octanol–water partition coefficient (Wildman–Crippen LogP) is 2.90. The summed E-state index contributed by atoms with van der Waals surface area (Å²) in [4.78, 5) is 17.1. The number of H-pyrrole nitrogens is 1. The van der Waals surface area contributed by atoms with Gasteiger partial charge in [0.25, 0.3) is 6.43 Å². The van der Waals surface area contributed by atoms with Crippen molar-refractivity contribution in [3.05, 3.63) is 53.6 Å². The average molecular weight is 281 g/mol. The summed E-state index contributed by atoms with van der Waals surface area (Å²) in [6.45, 7) is 0. The maximum atomic E-state index is 12.5. The Labute approximate surface area is 113 Å². The molecule has 0 bridgehead atoms. The highest BCUT2D eigenvalue weighted by Gasteiger charge is 2.20. The zero-order chi connectivity index (χ0) is 14.5. The molecule has 3 N–H and O–H groups in total. The van der Waals surface area contributed by atoms with E-state index in [1.165, 1.54) is 0 Å². The fourth-order valence-electron chi connectivity index (χ4n) is 1.85. The van der Waals surface area contributed by atoms with E-state index in [1.807, 2.05) is 30.3 Å². The molecule has 0 saturated heterocycles. The molecule has 20 heavy (non-hydrogen) atoms. The Morgan fingerprint density at radius 3 is 2.60 bits per heavy atom. The van der Waals surface area contributed by atoms with Gasteiger partial charge in [-0.3, -0.25) is 0 Å². The molecule has 1 amide bonds. The first-order chi connectivity index (χ1) is 9.56. The third-order valence-electron chi connectivity index (χ3n) is 2.76. The minimum atomic E-state index is -2.67. The molecule has 0 saturated carbocycles. The molecule has 1 aromatic heterocycles. The molecule has 0 aliphatic rings. The Morgan fingerprint density at radius 2 is 2.05 bits per heavy atom. The number of amides is 1. The van der Waals surface area contributed by atoms with Gasteiger partial charge in [-0.1, -0.05) is 30.3 Å². The molecule has 1 atom stereocenters. The third-order valence-corrected chi connectivity index (χ3v) is 2.76. The van der Waals surface area contributed by atoms with Gasteiger partial charge in [-0.05, 0) is 5.56 Å². The minimum Gasteiger partial charge on any atom is -0.465 e. The molecule has 0 spiro atoms. The van der Waals surface area contributed by atoms with Crippen LogP contribution in [-0.4, -0.2) is 21.2 Å². The molecule has 0 radical (unpaired) electrons. The van der Waals surface area contributed by atoms with Crippen LogP contribution >= 0.6 is 0 Å². The standard InChI is InChI=1S/C13H13F2N3O2/c14-11(15)10-7-16-12(17-10)9(18-13(19)20)6-8-4-2-1-3-5-8/h1-5,7,9,11,18H,6H2,(H,16,17)(H,19,20). The second-order valence-corrected chi connectivity index (χ2v) is 4.22. The maximum absolute atomic E-state index is 12.5. The second kappa shape index (κ2) is 6.14. The van der Waals surface area contributed by atoms with Crippen molar-refractivity contribution in [1.82, 2.24) is 15.3 Å². The number of alkyl halides is 2. The fourth-order valence-corrected chi connectivity index (χ4v) is 1.85. The van der Waals surface area contributed by atoms with Gasteiger partial charge in [0.05, 0.1) is 12.2 Å². The Hall–Kier alpha value is -2.44. The van der Waals surface area contributed by atoms with E-state index in [0.29, 0.717) is 6.42 Å². The summed E-state index contributed by atoms with van der Waals surface area (Å²) in [5.41, 5.74) is 0.548. The smallest absolute Gasteiger partial charge is 0.405 e. The Morgan fingerprint density at radius 1 is 1.35 bits per heavy atom. The van der Waals surface area contributed by atoms with Gasteiger partial charge >= 0.3 is 6.09 Å². The molecule has 0 aliphatic heterocycles. The highest BCUT2D eigenvalue weighted by molar-refractivity contribution is 5.65. The number of halogens is 2. The average Bonchev–Trinajstić information content (AvgIpc) is 2.88. The number of nitrogens with zero attached hydrogens (tertiary/aromatic N) is 1. The molecule has 106 valence electrons. The van der Waals surface area contributed by atoms with E-state index in [-0.39, 0.29) is 11.5 Å². The lowest BCUT2D eigenvalue weighted by Crippen LogP contribution is -2.29. The first-order valence-corrected chi connectivity index (χ1v) is 5.92. The van der Waals surface area contributed by atoms with Gasteiger partial charge in [0.1, 0.15) is 11.5 Å². The van der Waals surface area contributed by atoms with Crippen LogP contribution in [0, 0.1) is 0 Å². The summed E-state index contributed by atoms with van der Waals surface area (Å²) >= 11 is 0. The van der Waals surface area contributed by atoms with Crippen LogP contribution in [0.1, 0.15) is 29.5 Å². The topological polar surface area (TPSA) is 78.0 Å². The van der Waals surface area contributed by atoms with Gasteiger partial charge in [-0.25, -0.2) is 18.6 Å². The van der Waals surface area contributed by atoms with Gasteiger partial charge in [0.2, 0.25) is 0 Å². The van der Waals surface area contributed by atoms with Gasteiger partial charge in [-0.15, -0.1) is 0 Å². The molecular formula is C13H13F2N3O2. The monoisotopic (exact) mass is 281 g/mol. The molecule has 7 heteroatoms. The predicted molar refractivity (Wildman–Crippen MR) is 67.6 cm³/mol. The van der Waals surface area contributed by atoms with Crippen molar-refractivity contribution in [3.63, 3.8) is 0 Å². The van der Waals surface area contributed by atoms with E-state index in [4.69, 9.17) is 5.11 Å². The van der Waals surface area contributed by atoms with Gasteiger partial charge in [0.15, 0.2) is 0 Å². The van der Waals surface area contributed by atoms with Crippen molar-refractivity contribution in [2.75, 3.05) is 0 Å². The number of aromatic nitrogens is 2. The van der Waals surface area contributed by atoms with Crippen molar-refractivity contribution < 1.29 is 18.7 Å². The molecular weight excluding hydrogens is 268 g/mol. The highest BCUT2D eigenvalue weighted by atomic mass is 19.3. The lowest BCUT2D eigenvalue weighted by molar-refractivity contribution is 0.146. The number of hydrogen-bond acceptors (Lipinski definition) is 2. The lowest BCUT2D eigenvalue weighted by Gasteiger charge is -2.14. The molecule has 5 nitrogen and oxygen atoms in total. The second-order valence-electron chi connectivity index (χ2n) is 4.22. The number of aromatic amines is 1. The number of carboxylic acid groups (broad SMARTS) is 1. The van der Waals surface area contributed by atoms with Crippen LogP contribution in [-0.2, 0) is 6.42 Å². The highest BCUT2D eigenvalue weighted by Crippen LogP contribution is 2.20. The van der Waals surface area contributed by atoms with Gasteiger partial charge in [-0.2, -0.15) is 0 Å². The first-order valence-electron chi connectivity index (χ1n) is 5.92. The maximum Gasteiger partial charge on any atom is 0.405 e. The molecule has 2 rings (SSSR count). The quantitative estimate of drug-likeness (QED) is 0.788. The molecule has 0 fully saturated rings.